The van der Waals surface area contributed by atoms with Crippen molar-refractivity contribution >= 4 is 5.91 Å². The van der Waals surface area contributed by atoms with Gasteiger partial charge < -0.3 is 14.6 Å². The zero-order chi connectivity index (χ0) is 19.3. The van der Waals surface area contributed by atoms with Crippen LogP contribution in [0.3, 0.4) is 0 Å². The highest BCUT2D eigenvalue weighted by molar-refractivity contribution is 5.79. The number of likely N-dealkylation sites (tertiary alicyclic amines) is 1. The number of nitrogens with zero attached hydrogens (tertiary/aromatic N) is 4. The summed E-state index contributed by atoms with van der Waals surface area (Å²) in [6, 6.07) is 12.8. The molecule has 1 atom stereocenters. The Labute approximate surface area is 164 Å². The van der Waals surface area contributed by atoms with Crippen LogP contribution in [0.2, 0.25) is 0 Å². The fraction of sp³-hybridized carbons (Fsp3) is 0.318. The van der Waals surface area contributed by atoms with Crippen LogP contribution in [0.1, 0.15) is 35.8 Å². The lowest BCUT2D eigenvalue weighted by molar-refractivity contribution is -0.131. The number of aromatic hydroxyl groups is 1. The Hall–Kier alpha value is -3.15. The number of hydrogen-bond donors (Lipinski definition) is 1. The molecule has 1 aliphatic heterocycles. The van der Waals surface area contributed by atoms with Crippen molar-refractivity contribution in [2.45, 2.75) is 31.7 Å². The van der Waals surface area contributed by atoms with Crippen molar-refractivity contribution in [3.8, 4) is 5.75 Å². The largest absolute Gasteiger partial charge is 0.508 e. The first-order valence-corrected chi connectivity index (χ1v) is 9.65. The Morgan fingerprint density at radius 2 is 2.07 bits per heavy atom. The molecule has 0 spiro atoms. The molecule has 1 aromatic carbocycles. The molecule has 1 aliphatic rings. The summed E-state index contributed by atoms with van der Waals surface area (Å²) in [6.45, 7) is 2.13. The first-order chi connectivity index (χ1) is 13.7. The molecule has 2 aromatic heterocycles. The summed E-state index contributed by atoms with van der Waals surface area (Å²) in [5.41, 5.74) is 1.83. The number of pyridine rings is 1. The lowest BCUT2D eigenvalue weighted by Crippen LogP contribution is -2.40. The number of aromatic nitrogens is 3. The van der Waals surface area contributed by atoms with Crippen LogP contribution in [-0.4, -0.2) is 43.5 Å². The number of imidazole rings is 1. The minimum absolute atomic E-state index is 0.0955. The number of phenols is 1. The predicted octanol–water partition coefficient (Wildman–Crippen LogP) is 2.98. The summed E-state index contributed by atoms with van der Waals surface area (Å²) >= 11 is 0. The van der Waals surface area contributed by atoms with Gasteiger partial charge in [-0.05, 0) is 42.7 Å². The second-order valence-corrected chi connectivity index (χ2v) is 7.26. The molecule has 1 unspecified atom stereocenters. The van der Waals surface area contributed by atoms with E-state index in [1.54, 1.807) is 24.4 Å². The summed E-state index contributed by atoms with van der Waals surface area (Å²) in [6.07, 6.45) is 7.91. The van der Waals surface area contributed by atoms with Gasteiger partial charge in [0.1, 0.15) is 11.6 Å². The fourth-order valence-corrected chi connectivity index (χ4v) is 3.85. The van der Waals surface area contributed by atoms with Gasteiger partial charge in [-0.25, -0.2) is 4.98 Å². The molecule has 1 fully saturated rings. The predicted molar refractivity (Wildman–Crippen MR) is 106 cm³/mol. The Morgan fingerprint density at radius 1 is 1.14 bits per heavy atom. The second kappa shape index (κ2) is 8.25. The first-order valence-electron chi connectivity index (χ1n) is 9.65. The van der Waals surface area contributed by atoms with E-state index in [9.17, 15) is 9.90 Å². The van der Waals surface area contributed by atoms with Crippen molar-refractivity contribution in [2.75, 3.05) is 13.1 Å². The van der Waals surface area contributed by atoms with Crippen molar-refractivity contribution in [1.29, 1.82) is 0 Å². The zero-order valence-electron chi connectivity index (χ0n) is 15.7. The van der Waals surface area contributed by atoms with E-state index in [1.165, 1.54) is 0 Å². The molecule has 0 radical (unpaired) electrons. The first kappa shape index (κ1) is 18.2. The topological polar surface area (TPSA) is 71.2 Å². The van der Waals surface area contributed by atoms with Gasteiger partial charge in [0.15, 0.2) is 0 Å². The van der Waals surface area contributed by atoms with Crippen molar-refractivity contribution in [1.82, 2.24) is 19.4 Å². The van der Waals surface area contributed by atoms with Gasteiger partial charge in [0.25, 0.3) is 0 Å². The maximum atomic E-state index is 12.8. The number of benzene rings is 1. The lowest BCUT2D eigenvalue weighted by atomic mass is 9.96. The van der Waals surface area contributed by atoms with Crippen LogP contribution >= 0.6 is 0 Å². The standard InChI is InChI=1S/C22H24N4O2/c27-20-8-3-5-17(13-20)14-21(28)25-11-4-6-18(15-25)22-24-10-12-26(22)16-19-7-1-2-9-23-19/h1-3,5,7-10,12-13,18,27H,4,6,11,14-16H2. The maximum absolute atomic E-state index is 12.8. The van der Waals surface area contributed by atoms with Gasteiger partial charge in [-0.2, -0.15) is 0 Å². The third kappa shape index (κ3) is 4.22. The normalized spacial score (nSPS) is 16.9. The molecule has 0 saturated carbocycles. The van der Waals surface area contributed by atoms with Crippen LogP contribution in [0.4, 0.5) is 0 Å². The van der Waals surface area contributed by atoms with Crippen LogP contribution in [-0.2, 0) is 17.8 Å². The van der Waals surface area contributed by atoms with Crippen molar-refractivity contribution in [2.24, 2.45) is 0 Å². The van der Waals surface area contributed by atoms with Crippen LogP contribution in [0, 0.1) is 0 Å². The highest BCUT2D eigenvalue weighted by Crippen LogP contribution is 2.27. The number of rotatable bonds is 5. The molecule has 1 saturated heterocycles. The third-order valence-electron chi connectivity index (χ3n) is 5.21. The molecule has 6 nitrogen and oxygen atoms in total. The van der Waals surface area contributed by atoms with E-state index in [2.05, 4.69) is 14.5 Å². The van der Waals surface area contributed by atoms with Gasteiger partial charge in [0.05, 0.1) is 18.7 Å². The molecular formula is C22H24N4O2. The molecule has 28 heavy (non-hydrogen) atoms. The van der Waals surface area contributed by atoms with E-state index in [0.717, 1.165) is 36.5 Å². The van der Waals surface area contributed by atoms with Gasteiger partial charge >= 0.3 is 0 Å². The number of hydrogen-bond acceptors (Lipinski definition) is 4. The number of carbonyl (C=O) groups excluding carboxylic acids is 1. The Morgan fingerprint density at radius 3 is 2.89 bits per heavy atom. The Bertz CT molecular complexity index is 938. The van der Waals surface area contributed by atoms with Gasteiger partial charge in [0, 0.05) is 37.6 Å². The minimum Gasteiger partial charge on any atom is -0.508 e. The molecule has 3 heterocycles. The van der Waals surface area contributed by atoms with E-state index in [1.807, 2.05) is 41.6 Å². The summed E-state index contributed by atoms with van der Waals surface area (Å²) in [5.74, 6) is 1.53. The van der Waals surface area contributed by atoms with Crippen LogP contribution in [0.25, 0.3) is 0 Å². The molecule has 3 aromatic rings. The molecule has 1 N–H and O–H groups in total. The Balaban J connectivity index is 1.44. The van der Waals surface area contributed by atoms with Gasteiger partial charge in [-0.15, -0.1) is 0 Å². The maximum Gasteiger partial charge on any atom is 0.227 e. The van der Waals surface area contributed by atoms with Crippen molar-refractivity contribution in [3.63, 3.8) is 0 Å². The molecule has 144 valence electrons. The van der Waals surface area contributed by atoms with Crippen LogP contribution < -0.4 is 0 Å². The summed E-state index contributed by atoms with van der Waals surface area (Å²) < 4.78 is 2.14. The Kier molecular flexibility index (Phi) is 5.37. The fourth-order valence-electron chi connectivity index (χ4n) is 3.85. The third-order valence-corrected chi connectivity index (χ3v) is 5.21. The van der Waals surface area contributed by atoms with Gasteiger partial charge in [0.2, 0.25) is 5.91 Å². The number of amides is 1. The smallest absolute Gasteiger partial charge is 0.227 e. The highest BCUT2D eigenvalue weighted by Gasteiger charge is 2.27. The number of carbonyl (C=O) groups is 1. The molecule has 4 rings (SSSR count). The second-order valence-electron chi connectivity index (χ2n) is 7.26. The highest BCUT2D eigenvalue weighted by atomic mass is 16.3. The van der Waals surface area contributed by atoms with E-state index in [4.69, 9.17) is 0 Å². The van der Waals surface area contributed by atoms with E-state index < -0.39 is 0 Å². The summed E-state index contributed by atoms with van der Waals surface area (Å²) in [5, 5.41) is 9.61. The quantitative estimate of drug-likeness (QED) is 0.743. The number of piperidine rings is 1. The number of phenolic OH excluding ortho intramolecular Hbond substituents is 1. The van der Waals surface area contributed by atoms with Crippen molar-refractivity contribution < 1.29 is 9.90 Å². The average molecular weight is 376 g/mol. The molecule has 0 bridgehead atoms. The minimum atomic E-state index is 0.0955. The van der Waals surface area contributed by atoms with Gasteiger partial charge in [-0.1, -0.05) is 18.2 Å². The van der Waals surface area contributed by atoms with Crippen LogP contribution in [0.15, 0.2) is 61.1 Å². The van der Waals surface area contributed by atoms with E-state index in [-0.39, 0.29) is 17.6 Å². The molecule has 0 aliphatic carbocycles. The van der Waals surface area contributed by atoms with Crippen LogP contribution in [0.5, 0.6) is 5.75 Å². The monoisotopic (exact) mass is 376 g/mol. The van der Waals surface area contributed by atoms with Gasteiger partial charge in [-0.3, -0.25) is 9.78 Å². The van der Waals surface area contributed by atoms with E-state index >= 15 is 0 Å². The summed E-state index contributed by atoms with van der Waals surface area (Å²) in [4.78, 5) is 23.7. The molecule has 6 heteroatoms. The van der Waals surface area contributed by atoms with E-state index in [0.29, 0.717) is 19.5 Å². The molecular weight excluding hydrogens is 352 g/mol. The van der Waals surface area contributed by atoms with Crippen molar-refractivity contribution in [3.05, 3.63) is 78.1 Å². The average Bonchev–Trinajstić information content (AvgIpc) is 3.17. The summed E-state index contributed by atoms with van der Waals surface area (Å²) in [7, 11) is 0. The SMILES string of the molecule is O=C(Cc1cccc(O)c1)N1CCCC(c2nccn2Cc2ccccn2)C1. The molecule has 1 amide bonds. The lowest BCUT2D eigenvalue weighted by Gasteiger charge is -2.33. The zero-order valence-corrected chi connectivity index (χ0v) is 15.7.